The summed E-state index contributed by atoms with van der Waals surface area (Å²) in [5.41, 5.74) is 7.42. The maximum absolute atomic E-state index is 12.2. The van der Waals surface area contributed by atoms with Gasteiger partial charge in [0.05, 0.1) is 20.3 Å². The van der Waals surface area contributed by atoms with Crippen LogP contribution in [0.4, 0.5) is 0 Å². The van der Waals surface area contributed by atoms with Crippen LogP contribution in [0.2, 0.25) is 0 Å². The van der Waals surface area contributed by atoms with Crippen LogP contribution in [-0.4, -0.2) is 19.3 Å². The monoisotopic (exact) mass is 399 g/mol. The van der Waals surface area contributed by atoms with Gasteiger partial charge in [-0.2, -0.15) is 0 Å². The third-order valence-corrected chi connectivity index (χ3v) is 5.60. The van der Waals surface area contributed by atoms with Gasteiger partial charge in [-0.05, 0) is 57.8 Å². The number of methoxy groups -OCH3 is 2. The zero-order valence-corrected chi connectivity index (χ0v) is 17.1. The van der Waals surface area contributed by atoms with Crippen LogP contribution >= 0.6 is 0 Å². The molecule has 0 heterocycles. The van der Waals surface area contributed by atoms with Crippen molar-refractivity contribution in [1.82, 2.24) is 0 Å². The maximum Gasteiger partial charge on any atom is 0.134 e. The van der Waals surface area contributed by atoms with E-state index in [4.69, 9.17) is 15.2 Å². The Morgan fingerprint density at radius 2 is 1.27 bits per heavy atom. The molecule has 0 aliphatic heterocycles. The predicted molar refractivity (Wildman–Crippen MR) is 120 cm³/mol. The van der Waals surface area contributed by atoms with Crippen molar-refractivity contribution in [2.24, 2.45) is 5.73 Å². The van der Waals surface area contributed by atoms with E-state index in [0.717, 1.165) is 16.3 Å². The van der Waals surface area contributed by atoms with Gasteiger partial charge in [0.2, 0.25) is 0 Å². The second kappa shape index (κ2) is 8.19. The molecule has 0 amide bonds. The van der Waals surface area contributed by atoms with Gasteiger partial charge in [-0.1, -0.05) is 60.7 Å². The van der Waals surface area contributed by atoms with Gasteiger partial charge in [0, 0.05) is 0 Å². The largest absolute Gasteiger partial charge is 0.497 e. The van der Waals surface area contributed by atoms with E-state index in [-0.39, 0.29) is 0 Å². The van der Waals surface area contributed by atoms with Crippen molar-refractivity contribution in [1.29, 1.82) is 0 Å². The first-order valence-electron chi connectivity index (χ1n) is 9.82. The van der Waals surface area contributed by atoms with Crippen LogP contribution in [0.5, 0.6) is 11.5 Å². The molecule has 0 spiro atoms. The Balaban J connectivity index is 1.90. The molecular weight excluding hydrogens is 374 g/mol. The molecule has 0 aliphatic carbocycles. The second-order valence-electron chi connectivity index (χ2n) is 7.31. The fourth-order valence-corrected chi connectivity index (χ4v) is 3.89. The molecule has 4 aromatic rings. The lowest BCUT2D eigenvalue weighted by Crippen LogP contribution is -2.39. The standard InChI is InChI=1S/C26H25NO3/c1-29-23-11-5-9-21(16-23)26(28,22-10-6-12-24(17-22)30-2)25(27)20-14-13-18-7-3-4-8-19(18)15-20/h3-17,25,28H,27H2,1-2H3/t25-/m1/s1. The molecule has 0 aliphatic rings. The van der Waals surface area contributed by atoms with E-state index in [1.807, 2.05) is 84.9 Å². The highest BCUT2D eigenvalue weighted by Gasteiger charge is 2.40. The predicted octanol–water partition coefficient (Wildman–Crippen LogP) is 4.79. The van der Waals surface area contributed by atoms with Gasteiger partial charge in [-0.25, -0.2) is 0 Å². The highest BCUT2D eigenvalue weighted by Crippen LogP contribution is 2.42. The molecule has 0 aromatic heterocycles. The van der Waals surface area contributed by atoms with Crippen LogP contribution in [0.3, 0.4) is 0 Å². The number of fused-ring (bicyclic) bond motifs is 1. The molecule has 1 atom stereocenters. The van der Waals surface area contributed by atoms with Gasteiger partial charge in [0.1, 0.15) is 17.1 Å². The first-order chi connectivity index (χ1) is 14.6. The Morgan fingerprint density at radius 3 is 1.83 bits per heavy atom. The Morgan fingerprint density at radius 1 is 0.700 bits per heavy atom. The van der Waals surface area contributed by atoms with E-state index in [1.54, 1.807) is 14.2 Å². The van der Waals surface area contributed by atoms with Crippen LogP contribution in [0.15, 0.2) is 91.0 Å². The molecular formula is C26H25NO3. The summed E-state index contributed by atoms with van der Waals surface area (Å²) in [5.74, 6) is 1.30. The second-order valence-corrected chi connectivity index (χ2v) is 7.31. The molecule has 30 heavy (non-hydrogen) atoms. The number of hydrogen-bond donors (Lipinski definition) is 2. The molecule has 0 saturated carbocycles. The first kappa shape index (κ1) is 20.0. The summed E-state index contributed by atoms with van der Waals surface area (Å²) in [6.07, 6.45) is 0. The molecule has 4 rings (SSSR count). The minimum atomic E-state index is -1.49. The molecule has 3 N–H and O–H groups in total. The highest BCUT2D eigenvalue weighted by atomic mass is 16.5. The van der Waals surface area contributed by atoms with Gasteiger partial charge in [0.25, 0.3) is 0 Å². The number of hydrogen-bond acceptors (Lipinski definition) is 4. The van der Waals surface area contributed by atoms with Crippen molar-refractivity contribution < 1.29 is 14.6 Å². The van der Waals surface area contributed by atoms with E-state index in [9.17, 15) is 5.11 Å². The Kier molecular flexibility index (Phi) is 5.44. The van der Waals surface area contributed by atoms with E-state index < -0.39 is 11.6 Å². The summed E-state index contributed by atoms with van der Waals surface area (Å²) in [6, 6.07) is 28.2. The van der Waals surface area contributed by atoms with E-state index in [1.165, 1.54) is 0 Å². The molecule has 0 bridgehead atoms. The van der Waals surface area contributed by atoms with E-state index in [2.05, 4.69) is 6.07 Å². The summed E-state index contributed by atoms with van der Waals surface area (Å²) in [5, 5.41) is 14.3. The van der Waals surface area contributed by atoms with Crippen LogP contribution in [0, 0.1) is 0 Å². The average molecular weight is 399 g/mol. The molecule has 4 heteroatoms. The number of nitrogens with two attached hydrogens (primary N) is 1. The Bertz CT molecular complexity index is 1120. The zero-order valence-electron chi connectivity index (χ0n) is 17.1. The van der Waals surface area contributed by atoms with Gasteiger partial charge in [-0.3, -0.25) is 0 Å². The molecule has 0 unspecified atom stereocenters. The number of benzene rings is 4. The fraction of sp³-hybridized carbons (Fsp3) is 0.154. The molecule has 0 fully saturated rings. The maximum atomic E-state index is 12.2. The highest BCUT2D eigenvalue weighted by molar-refractivity contribution is 5.83. The molecule has 0 saturated heterocycles. The van der Waals surface area contributed by atoms with Crippen molar-refractivity contribution in [3.63, 3.8) is 0 Å². The number of aliphatic hydroxyl groups is 1. The molecule has 0 radical (unpaired) electrons. The van der Waals surface area contributed by atoms with Crippen LogP contribution < -0.4 is 15.2 Å². The average Bonchev–Trinajstić information content (AvgIpc) is 2.82. The lowest BCUT2D eigenvalue weighted by Gasteiger charge is -2.36. The van der Waals surface area contributed by atoms with Crippen molar-refractivity contribution in [2.75, 3.05) is 14.2 Å². The van der Waals surface area contributed by atoms with Crippen LogP contribution in [-0.2, 0) is 5.60 Å². The van der Waals surface area contributed by atoms with Crippen molar-refractivity contribution in [3.05, 3.63) is 108 Å². The normalized spacial score (nSPS) is 12.5. The number of rotatable bonds is 6. The van der Waals surface area contributed by atoms with Gasteiger partial charge in [0.15, 0.2) is 0 Å². The van der Waals surface area contributed by atoms with Crippen molar-refractivity contribution in [2.45, 2.75) is 11.6 Å². The van der Waals surface area contributed by atoms with E-state index >= 15 is 0 Å². The Labute approximate surface area is 176 Å². The van der Waals surface area contributed by atoms with Crippen LogP contribution in [0.25, 0.3) is 10.8 Å². The smallest absolute Gasteiger partial charge is 0.134 e. The zero-order chi connectivity index (χ0) is 21.1. The Hall–Kier alpha value is -3.34. The molecule has 4 aromatic carbocycles. The van der Waals surface area contributed by atoms with E-state index in [0.29, 0.717) is 22.6 Å². The summed E-state index contributed by atoms with van der Waals surface area (Å²) >= 11 is 0. The quantitative estimate of drug-likeness (QED) is 0.489. The molecule has 4 nitrogen and oxygen atoms in total. The third-order valence-electron chi connectivity index (χ3n) is 5.60. The van der Waals surface area contributed by atoms with Crippen LogP contribution in [0.1, 0.15) is 22.7 Å². The summed E-state index contributed by atoms with van der Waals surface area (Å²) in [7, 11) is 3.21. The molecule has 152 valence electrons. The summed E-state index contributed by atoms with van der Waals surface area (Å²) < 4.78 is 10.8. The topological polar surface area (TPSA) is 64.7 Å². The number of ether oxygens (including phenoxy) is 2. The third kappa shape index (κ3) is 3.52. The first-order valence-corrected chi connectivity index (χ1v) is 9.82. The minimum Gasteiger partial charge on any atom is -0.497 e. The SMILES string of the molecule is COc1cccc(C(O)(c2cccc(OC)c2)[C@H](N)c2ccc3ccccc3c2)c1. The lowest BCUT2D eigenvalue weighted by atomic mass is 9.77. The fourth-order valence-electron chi connectivity index (χ4n) is 3.89. The lowest BCUT2D eigenvalue weighted by molar-refractivity contribution is 0.0508. The van der Waals surface area contributed by atoms with Gasteiger partial charge < -0.3 is 20.3 Å². The van der Waals surface area contributed by atoms with Crippen molar-refractivity contribution >= 4 is 10.8 Å². The van der Waals surface area contributed by atoms with Crippen molar-refractivity contribution in [3.8, 4) is 11.5 Å². The summed E-state index contributed by atoms with van der Waals surface area (Å²) in [6.45, 7) is 0. The van der Waals surface area contributed by atoms with Gasteiger partial charge in [-0.15, -0.1) is 0 Å². The van der Waals surface area contributed by atoms with Gasteiger partial charge >= 0.3 is 0 Å². The summed E-state index contributed by atoms with van der Waals surface area (Å²) in [4.78, 5) is 0. The minimum absolute atomic E-state index is 0.649.